The van der Waals surface area contributed by atoms with Gasteiger partial charge in [-0.05, 0) is 12.1 Å². The smallest absolute Gasteiger partial charge is 0.189 e. The predicted molar refractivity (Wildman–Crippen MR) is 47.1 cm³/mol. The van der Waals surface area contributed by atoms with E-state index < -0.39 is 0 Å². The number of nitrogens with zero attached hydrogens (tertiary/aromatic N) is 1. The van der Waals surface area contributed by atoms with Crippen LogP contribution in [0.5, 0.6) is 0 Å². The largest absolute Gasteiger partial charge is 0.289 e. The van der Waals surface area contributed by atoms with Gasteiger partial charge in [-0.25, -0.2) is 0 Å². The number of pyridine rings is 1. The van der Waals surface area contributed by atoms with E-state index in [-0.39, 0.29) is 5.43 Å². The summed E-state index contributed by atoms with van der Waals surface area (Å²) < 4.78 is 0. The first-order chi connectivity index (χ1) is 5.88. The molecule has 1 heterocycles. The van der Waals surface area contributed by atoms with E-state index in [4.69, 9.17) is 0 Å². The standard InChI is InChI=1S/C10H7NO/c12-10-6-7-11-9-5-3-1-2-4-8(9)10/h1-7H. The molecule has 12 heavy (non-hydrogen) atoms. The average molecular weight is 157 g/mol. The molecular weight excluding hydrogens is 150 g/mol. The highest BCUT2D eigenvalue weighted by molar-refractivity contribution is 5.58. The molecule has 1 aliphatic carbocycles. The van der Waals surface area contributed by atoms with Crippen molar-refractivity contribution >= 4 is 0 Å². The third-order valence-corrected chi connectivity index (χ3v) is 1.72. The van der Waals surface area contributed by atoms with Gasteiger partial charge in [-0.15, -0.1) is 0 Å². The van der Waals surface area contributed by atoms with Crippen LogP contribution in [0.2, 0.25) is 0 Å². The van der Waals surface area contributed by atoms with Gasteiger partial charge >= 0.3 is 0 Å². The summed E-state index contributed by atoms with van der Waals surface area (Å²) in [7, 11) is 0. The van der Waals surface area contributed by atoms with Crippen LogP contribution in [0.25, 0.3) is 11.3 Å². The minimum atomic E-state index is 0.0243. The number of aromatic nitrogens is 1. The average Bonchev–Trinajstić information content (AvgIpc) is 2.30. The SMILES string of the molecule is O=c1ccnc2cccccc1-2. The van der Waals surface area contributed by atoms with E-state index in [1.807, 2.05) is 24.3 Å². The summed E-state index contributed by atoms with van der Waals surface area (Å²) in [5, 5.41) is 0. The Hall–Kier alpha value is -1.70. The van der Waals surface area contributed by atoms with Crippen LogP contribution >= 0.6 is 0 Å². The van der Waals surface area contributed by atoms with Crippen LogP contribution in [0.1, 0.15) is 0 Å². The van der Waals surface area contributed by atoms with Crippen LogP contribution in [0, 0.1) is 0 Å². The molecule has 2 rings (SSSR count). The Labute approximate surface area is 69.9 Å². The van der Waals surface area contributed by atoms with Crippen LogP contribution in [-0.2, 0) is 0 Å². The molecule has 0 N–H and O–H groups in total. The van der Waals surface area contributed by atoms with Crippen molar-refractivity contribution in [2.45, 2.75) is 0 Å². The molecule has 0 saturated heterocycles. The van der Waals surface area contributed by atoms with Crippen LogP contribution in [0.4, 0.5) is 0 Å². The highest BCUT2D eigenvalue weighted by Gasteiger charge is 2.01. The summed E-state index contributed by atoms with van der Waals surface area (Å²) in [6, 6.07) is 10.7. The number of hydrogen-bond acceptors (Lipinski definition) is 2. The molecule has 0 aromatic carbocycles. The van der Waals surface area contributed by atoms with Crippen LogP contribution in [-0.4, -0.2) is 4.98 Å². The maximum Gasteiger partial charge on any atom is 0.189 e. The molecular formula is C10H7NO. The van der Waals surface area contributed by atoms with E-state index >= 15 is 0 Å². The number of fused-ring (bicyclic) bond motifs is 1. The van der Waals surface area contributed by atoms with E-state index in [0.717, 1.165) is 5.69 Å². The Balaban J connectivity index is 2.88. The Morgan fingerprint density at radius 1 is 1.00 bits per heavy atom. The van der Waals surface area contributed by atoms with E-state index in [0.29, 0.717) is 5.56 Å². The summed E-state index contributed by atoms with van der Waals surface area (Å²) in [4.78, 5) is 15.4. The second-order valence-corrected chi connectivity index (χ2v) is 2.52. The van der Waals surface area contributed by atoms with Gasteiger partial charge in [0.25, 0.3) is 0 Å². The first-order valence-electron chi connectivity index (χ1n) is 3.72. The van der Waals surface area contributed by atoms with Crippen molar-refractivity contribution in [3.05, 3.63) is 52.8 Å². The molecule has 0 unspecified atom stereocenters. The zero-order chi connectivity index (χ0) is 8.39. The first-order valence-corrected chi connectivity index (χ1v) is 3.72. The molecule has 0 aromatic rings. The lowest BCUT2D eigenvalue weighted by atomic mass is 10.2. The maximum absolute atomic E-state index is 11.3. The monoisotopic (exact) mass is 157 g/mol. The van der Waals surface area contributed by atoms with E-state index in [1.54, 1.807) is 6.07 Å². The van der Waals surface area contributed by atoms with Crippen LogP contribution in [0.15, 0.2) is 47.4 Å². The molecule has 0 atom stereocenters. The predicted octanol–water partition coefficient (Wildman–Crippen LogP) is 1.55. The fraction of sp³-hybridized carbons (Fsp3) is 0. The summed E-state index contributed by atoms with van der Waals surface area (Å²) in [6.07, 6.45) is 1.53. The fourth-order valence-corrected chi connectivity index (χ4v) is 1.13. The Morgan fingerprint density at radius 3 is 2.75 bits per heavy atom. The Bertz CT molecular complexity index is 425. The fourth-order valence-electron chi connectivity index (χ4n) is 1.13. The number of hydrogen-bond donors (Lipinski definition) is 0. The van der Waals surface area contributed by atoms with Crippen molar-refractivity contribution in [2.75, 3.05) is 0 Å². The van der Waals surface area contributed by atoms with Crippen molar-refractivity contribution in [3.63, 3.8) is 0 Å². The molecule has 0 aromatic heterocycles. The van der Waals surface area contributed by atoms with Gasteiger partial charge < -0.3 is 0 Å². The van der Waals surface area contributed by atoms with Crippen molar-refractivity contribution in [3.8, 4) is 11.3 Å². The lowest BCUT2D eigenvalue weighted by Crippen LogP contribution is -2.02. The molecule has 0 bridgehead atoms. The molecule has 2 aliphatic rings. The molecule has 2 nitrogen and oxygen atoms in total. The summed E-state index contributed by atoms with van der Waals surface area (Å²) in [5.74, 6) is 0. The minimum Gasteiger partial charge on any atom is -0.289 e. The quantitative estimate of drug-likeness (QED) is 0.580. The normalized spacial score (nSPS) is 10.0. The molecule has 0 saturated carbocycles. The van der Waals surface area contributed by atoms with Gasteiger partial charge in [-0.2, -0.15) is 0 Å². The molecule has 0 fully saturated rings. The van der Waals surface area contributed by atoms with Crippen LogP contribution < -0.4 is 5.43 Å². The van der Waals surface area contributed by atoms with Crippen molar-refractivity contribution in [1.29, 1.82) is 0 Å². The van der Waals surface area contributed by atoms with Gasteiger partial charge in [0, 0.05) is 17.8 Å². The lowest BCUT2D eigenvalue weighted by molar-refractivity contribution is 1.30. The maximum atomic E-state index is 11.3. The summed E-state index contributed by atoms with van der Waals surface area (Å²) >= 11 is 0. The van der Waals surface area contributed by atoms with E-state index in [2.05, 4.69) is 4.98 Å². The van der Waals surface area contributed by atoms with E-state index in [1.165, 1.54) is 12.3 Å². The van der Waals surface area contributed by atoms with Crippen molar-refractivity contribution in [2.24, 2.45) is 0 Å². The Morgan fingerprint density at radius 2 is 1.83 bits per heavy atom. The minimum absolute atomic E-state index is 0.0243. The van der Waals surface area contributed by atoms with Gasteiger partial charge in [-0.1, -0.05) is 18.2 Å². The topological polar surface area (TPSA) is 30.0 Å². The Kier molecular flexibility index (Phi) is 1.59. The zero-order valence-electron chi connectivity index (χ0n) is 6.40. The van der Waals surface area contributed by atoms with Gasteiger partial charge in [0.1, 0.15) is 0 Å². The lowest BCUT2D eigenvalue weighted by Gasteiger charge is -1.94. The second-order valence-electron chi connectivity index (χ2n) is 2.52. The first kappa shape index (κ1) is 6.98. The van der Waals surface area contributed by atoms with Gasteiger partial charge in [-0.3, -0.25) is 9.78 Å². The van der Waals surface area contributed by atoms with Crippen molar-refractivity contribution < 1.29 is 0 Å². The molecule has 0 radical (unpaired) electrons. The molecule has 0 spiro atoms. The molecule has 2 heteroatoms. The number of rotatable bonds is 0. The highest BCUT2D eigenvalue weighted by atomic mass is 16.1. The zero-order valence-corrected chi connectivity index (χ0v) is 6.40. The van der Waals surface area contributed by atoms with Crippen LogP contribution in [0.3, 0.4) is 0 Å². The second kappa shape index (κ2) is 2.74. The van der Waals surface area contributed by atoms with Gasteiger partial charge in [0.05, 0.1) is 5.69 Å². The van der Waals surface area contributed by atoms with E-state index in [9.17, 15) is 4.79 Å². The van der Waals surface area contributed by atoms with Gasteiger partial charge in [0.2, 0.25) is 0 Å². The summed E-state index contributed by atoms with van der Waals surface area (Å²) in [6.45, 7) is 0. The third-order valence-electron chi connectivity index (χ3n) is 1.72. The third kappa shape index (κ3) is 1.07. The molecule has 1 aliphatic heterocycles. The van der Waals surface area contributed by atoms with Crippen molar-refractivity contribution in [1.82, 2.24) is 4.98 Å². The summed E-state index contributed by atoms with van der Waals surface area (Å²) in [5.41, 5.74) is 1.44. The van der Waals surface area contributed by atoms with Gasteiger partial charge in [0.15, 0.2) is 5.43 Å². The highest BCUT2D eigenvalue weighted by Crippen LogP contribution is 2.10. The molecule has 0 amide bonds. The molecule has 58 valence electrons.